The highest BCUT2D eigenvalue weighted by molar-refractivity contribution is 6.32. The fourth-order valence-electron chi connectivity index (χ4n) is 1.45. The summed E-state index contributed by atoms with van der Waals surface area (Å²) in [6.07, 6.45) is 0. The Morgan fingerprint density at radius 1 is 0.882 bits per heavy atom. The lowest BCUT2D eigenvalue weighted by Gasteiger charge is -2.06. The molecule has 2 aromatic carbocycles. The maximum Gasteiger partial charge on any atom is 0.170 e. The van der Waals surface area contributed by atoms with Crippen molar-refractivity contribution in [2.75, 3.05) is 0 Å². The van der Waals surface area contributed by atoms with Gasteiger partial charge in [-0.1, -0.05) is 23.2 Å². The van der Waals surface area contributed by atoms with Crippen LogP contribution < -0.4 is 0 Å². The van der Waals surface area contributed by atoms with E-state index in [1.54, 1.807) is 0 Å². The van der Waals surface area contributed by atoms with Crippen molar-refractivity contribution in [3.63, 3.8) is 0 Å². The second kappa shape index (κ2) is 4.51. The average Bonchev–Trinajstić information content (AvgIpc) is 2.23. The Morgan fingerprint density at radius 3 is 2.12 bits per heavy atom. The lowest BCUT2D eigenvalue weighted by molar-refractivity contribution is 0.433. The molecule has 17 heavy (non-hydrogen) atoms. The molecule has 2 aromatic rings. The van der Waals surface area contributed by atoms with Crippen LogP contribution in [0.4, 0.5) is 8.78 Å². The third-order valence-electron chi connectivity index (χ3n) is 2.21. The predicted molar refractivity (Wildman–Crippen MR) is 63.5 cm³/mol. The summed E-state index contributed by atoms with van der Waals surface area (Å²) in [4.78, 5) is 0. The molecule has 0 saturated heterocycles. The molecule has 88 valence electrons. The van der Waals surface area contributed by atoms with Gasteiger partial charge in [0, 0.05) is 5.02 Å². The van der Waals surface area contributed by atoms with E-state index >= 15 is 0 Å². The van der Waals surface area contributed by atoms with Gasteiger partial charge in [0.2, 0.25) is 0 Å². The smallest absolute Gasteiger partial charge is 0.170 e. The van der Waals surface area contributed by atoms with Crippen LogP contribution >= 0.6 is 23.2 Å². The standard InChI is InChI=1S/C12H6Cl2F2O/c13-8-1-6(2-9(15)5-8)7-3-10(14)12(17)11(16)4-7/h1-5,17H. The normalized spacial score (nSPS) is 10.6. The van der Waals surface area contributed by atoms with Crippen LogP contribution in [0.2, 0.25) is 10.0 Å². The minimum atomic E-state index is -0.868. The molecular formula is C12H6Cl2F2O. The van der Waals surface area contributed by atoms with Gasteiger partial charge in [0.05, 0.1) is 5.02 Å². The summed E-state index contributed by atoms with van der Waals surface area (Å²) in [6.45, 7) is 0. The van der Waals surface area contributed by atoms with Crippen molar-refractivity contribution in [2.45, 2.75) is 0 Å². The van der Waals surface area contributed by atoms with Crippen LogP contribution in [-0.4, -0.2) is 5.11 Å². The van der Waals surface area contributed by atoms with Gasteiger partial charge in [-0.3, -0.25) is 0 Å². The maximum absolute atomic E-state index is 13.3. The van der Waals surface area contributed by atoms with E-state index in [0.717, 1.165) is 12.1 Å². The molecule has 0 aliphatic heterocycles. The SMILES string of the molecule is Oc1c(F)cc(-c2cc(F)cc(Cl)c2)cc1Cl. The molecule has 0 radical (unpaired) electrons. The van der Waals surface area contributed by atoms with Crippen molar-refractivity contribution in [1.82, 2.24) is 0 Å². The first-order chi connectivity index (χ1) is 7.97. The quantitative estimate of drug-likeness (QED) is 0.803. The number of phenols is 1. The minimum Gasteiger partial charge on any atom is -0.504 e. The van der Waals surface area contributed by atoms with Gasteiger partial charge in [-0.05, 0) is 41.5 Å². The summed E-state index contributed by atoms with van der Waals surface area (Å²) in [5.41, 5.74) is 0.725. The fraction of sp³-hybridized carbons (Fsp3) is 0. The molecule has 0 aromatic heterocycles. The lowest BCUT2D eigenvalue weighted by atomic mass is 10.1. The number of hydrogen-bond acceptors (Lipinski definition) is 1. The molecule has 0 amide bonds. The van der Waals surface area contributed by atoms with Gasteiger partial charge in [0.1, 0.15) is 5.82 Å². The zero-order valence-electron chi connectivity index (χ0n) is 8.35. The van der Waals surface area contributed by atoms with Gasteiger partial charge in [-0.2, -0.15) is 0 Å². The summed E-state index contributed by atoms with van der Waals surface area (Å²) in [5, 5.41) is 9.24. The third kappa shape index (κ3) is 2.51. The van der Waals surface area contributed by atoms with E-state index in [2.05, 4.69) is 0 Å². The topological polar surface area (TPSA) is 20.2 Å². The van der Waals surface area contributed by atoms with E-state index in [4.69, 9.17) is 23.2 Å². The second-order valence-corrected chi connectivity index (χ2v) is 4.29. The van der Waals surface area contributed by atoms with Crippen LogP contribution in [-0.2, 0) is 0 Å². The Morgan fingerprint density at radius 2 is 1.53 bits per heavy atom. The molecule has 5 heteroatoms. The largest absolute Gasteiger partial charge is 0.504 e. The van der Waals surface area contributed by atoms with E-state index < -0.39 is 17.4 Å². The van der Waals surface area contributed by atoms with E-state index in [0.29, 0.717) is 11.1 Å². The van der Waals surface area contributed by atoms with Gasteiger partial charge in [0.25, 0.3) is 0 Å². The highest BCUT2D eigenvalue weighted by atomic mass is 35.5. The number of phenolic OH excluding ortho intramolecular Hbond substituents is 1. The van der Waals surface area contributed by atoms with E-state index in [1.807, 2.05) is 0 Å². The number of halogens is 4. The van der Waals surface area contributed by atoms with Crippen molar-refractivity contribution >= 4 is 23.2 Å². The number of rotatable bonds is 1. The molecule has 0 aliphatic carbocycles. The van der Waals surface area contributed by atoms with Crippen LogP contribution in [0, 0.1) is 11.6 Å². The summed E-state index contributed by atoms with van der Waals surface area (Å²) in [5.74, 6) is -2.03. The van der Waals surface area contributed by atoms with Crippen LogP contribution in [0.1, 0.15) is 0 Å². The predicted octanol–water partition coefficient (Wildman–Crippen LogP) is 4.64. The Labute approximate surface area is 106 Å². The van der Waals surface area contributed by atoms with Crippen LogP contribution in [0.5, 0.6) is 5.75 Å². The Hall–Kier alpha value is -1.32. The van der Waals surface area contributed by atoms with Crippen molar-refractivity contribution in [3.8, 4) is 16.9 Å². The highest BCUT2D eigenvalue weighted by Gasteiger charge is 2.10. The number of aromatic hydroxyl groups is 1. The van der Waals surface area contributed by atoms with Gasteiger partial charge in [-0.15, -0.1) is 0 Å². The molecule has 0 atom stereocenters. The van der Waals surface area contributed by atoms with Gasteiger partial charge >= 0.3 is 0 Å². The molecule has 2 rings (SSSR count). The molecule has 1 nitrogen and oxygen atoms in total. The molecule has 0 heterocycles. The molecule has 0 bridgehead atoms. The van der Waals surface area contributed by atoms with Crippen LogP contribution in [0.25, 0.3) is 11.1 Å². The second-order valence-electron chi connectivity index (χ2n) is 3.45. The summed E-state index contributed by atoms with van der Waals surface area (Å²) in [7, 11) is 0. The van der Waals surface area contributed by atoms with E-state index in [-0.39, 0.29) is 10.0 Å². The first-order valence-corrected chi connectivity index (χ1v) is 5.37. The van der Waals surface area contributed by atoms with Crippen LogP contribution in [0.15, 0.2) is 30.3 Å². The minimum absolute atomic E-state index is 0.139. The van der Waals surface area contributed by atoms with Crippen molar-refractivity contribution < 1.29 is 13.9 Å². The molecule has 0 fully saturated rings. The molecule has 0 saturated carbocycles. The van der Waals surface area contributed by atoms with Gasteiger partial charge < -0.3 is 5.11 Å². The van der Waals surface area contributed by atoms with Crippen molar-refractivity contribution in [2.24, 2.45) is 0 Å². The molecule has 1 N–H and O–H groups in total. The highest BCUT2D eigenvalue weighted by Crippen LogP contribution is 2.33. The number of benzene rings is 2. The van der Waals surface area contributed by atoms with E-state index in [1.165, 1.54) is 18.2 Å². The summed E-state index contributed by atoms with van der Waals surface area (Å²) < 4.78 is 26.4. The average molecular weight is 275 g/mol. The molecule has 0 unspecified atom stereocenters. The summed E-state index contributed by atoms with van der Waals surface area (Å²) >= 11 is 11.3. The van der Waals surface area contributed by atoms with E-state index in [9.17, 15) is 13.9 Å². The number of hydrogen-bond donors (Lipinski definition) is 1. The van der Waals surface area contributed by atoms with Gasteiger partial charge in [-0.25, -0.2) is 8.78 Å². The Bertz CT molecular complexity index is 541. The molecular weight excluding hydrogens is 269 g/mol. The molecule has 0 spiro atoms. The monoisotopic (exact) mass is 274 g/mol. The Kier molecular flexibility index (Phi) is 3.22. The van der Waals surface area contributed by atoms with Crippen LogP contribution in [0.3, 0.4) is 0 Å². The zero-order chi connectivity index (χ0) is 12.6. The van der Waals surface area contributed by atoms with Crippen molar-refractivity contribution in [1.29, 1.82) is 0 Å². The first-order valence-electron chi connectivity index (χ1n) is 4.62. The fourth-order valence-corrected chi connectivity index (χ4v) is 1.88. The lowest BCUT2D eigenvalue weighted by Crippen LogP contribution is -1.85. The zero-order valence-corrected chi connectivity index (χ0v) is 9.86. The Balaban J connectivity index is 2.60. The van der Waals surface area contributed by atoms with Gasteiger partial charge in [0.15, 0.2) is 11.6 Å². The maximum atomic E-state index is 13.3. The summed E-state index contributed by atoms with van der Waals surface area (Å²) in [6, 6.07) is 6.22. The molecule has 0 aliphatic rings. The van der Waals surface area contributed by atoms with Crippen molar-refractivity contribution in [3.05, 3.63) is 52.0 Å². The third-order valence-corrected chi connectivity index (χ3v) is 2.72. The first kappa shape index (κ1) is 12.1.